The summed E-state index contributed by atoms with van der Waals surface area (Å²) in [6, 6.07) is 9.00. The number of rotatable bonds is 6. The van der Waals surface area contributed by atoms with E-state index in [9.17, 15) is 17.6 Å². The number of sulfonamides is 1. The van der Waals surface area contributed by atoms with Crippen molar-refractivity contribution in [2.75, 3.05) is 25.1 Å². The zero-order chi connectivity index (χ0) is 18.6. The first-order valence-electron chi connectivity index (χ1n) is 6.99. The highest BCUT2D eigenvalue weighted by Gasteiger charge is 2.30. The predicted octanol–water partition coefficient (Wildman–Crippen LogP) is 2.86. The molecule has 0 amide bonds. The molecule has 0 aliphatic rings. The summed E-state index contributed by atoms with van der Waals surface area (Å²) in [4.78, 5) is 11.4. The Bertz CT molecular complexity index is 888. The lowest BCUT2D eigenvalue weighted by Gasteiger charge is -2.24. The van der Waals surface area contributed by atoms with Gasteiger partial charge in [-0.15, -0.1) is 0 Å². The summed E-state index contributed by atoms with van der Waals surface area (Å²) >= 11 is 5.98. The molecule has 0 aromatic heterocycles. The Balaban J connectivity index is 2.57. The Morgan fingerprint density at radius 3 is 2.44 bits per heavy atom. The summed E-state index contributed by atoms with van der Waals surface area (Å²) in [5.41, 5.74) is -0.278. The van der Waals surface area contributed by atoms with E-state index < -0.39 is 28.4 Å². The number of methoxy groups -OCH3 is 2. The van der Waals surface area contributed by atoms with Gasteiger partial charge in [-0.25, -0.2) is 12.8 Å². The number of carbonyl (C=O) groups excluding carboxylic acids is 1. The molecule has 9 heteroatoms. The molecule has 0 atom stereocenters. The summed E-state index contributed by atoms with van der Waals surface area (Å²) in [5, 5.41) is 0.0649. The third-order valence-electron chi connectivity index (χ3n) is 3.33. The molecule has 0 heterocycles. The van der Waals surface area contributed by atoms with Gasteiger partial charge in [-0.3, -0.25) is 9.10 Å². The Labute approximate surface area is 149 Å². The average Bonchev–Trinajstić information content (AvgIpc) is 2.60. The minimum Gasteiger partial charge on any atom is -0.495 e. The van der Waals surface area contributed by atoms with Crippen molar-refractivity contribution in [1.29, 1.82) is 0 Å². The van der Waals surface area contributed by atoms with Crippen LogP contribution in [0.2, 0.25) is 5.02 Å². The fourth-order valence-electron chi connectivity index (χ4n) is 2.07. The largest absolute Gasteiger partial charge is 0.495 e. The van der Waals surface area contributed by atoms with E-state index in [-0.39, 0.29) is 21.4 Å². The van der Waals surface area contributed by atoms with Crippen molar-refractivity contribution in [3.63, 3.8) is 0 Å². The Hall–Kier alpha value is -2.32. The minimum absolute atomic E-state index is 0.0649. The van der Waals surface area contributed by atoms with Gasteiger partial charge in [0.1, 0.15) is 18.1 Å². The number of hydrogen-bond donors (Lipinski definition) is 0. The second-order valence-electron chi connectivity index (χ2n) is 4.84. The smallest absolute Gasteiger partial charge is 0.326 e. The summed E-state index contributed by atoms with van der Waals surface area (Å²) in [5.74, 6) is -1.35. The normalized spacial score (nSPS) is 11.0. The molecule has 6 nitrogen and oxygen atoms in total. The molecule has 0 bridgehead atoms. The average molecular weight is 388 g/mol. The standard InChI is InChI=1S/C16H15ClFNO5S/c1-23-15-8-7-11(9-12(15)17)25(21,22)19(10-16(20)24-2)14-6-4-3-5-13(14)18/h3-9H,10H2,1-2H3. The quantitative estimate of drug-likeness (QED) is 0.712. The molecular weight excluding hydrogens is 373 g/mol. The number of halogens is 2. The van der Waals surface area contributed by atoms with Crippen molar-refractivity contribution in [3.8, 4) is 5.75 Å². The number of benzene rings is 2. The van der Waals surface area contributed by atoms with Crippen LogP contribution in [0, 0.1) is 5.82 Å². The van der Waals surface area contributed by atoms with Crippen LogP contribution >= 0.6 is 11.6 Å². The molecule has 25 heavy (non-hydrogen) atoms. The van der Waals surface area contributed by atoms with E-state index >= 15 is 0 Å². The van der Waals surface area contributed by atoms with Crippen LogP contribution in [0.3, 0.4) is 0 Å². The molecule has 0 aliphatic heterocycles. The van der Waals surface area contributed by atoms with E-state index in [0.717, 1.165) is 13.2 Å². The first-order chi connectivity index (χ1) is 11.8. The summed E-state index contributed by atoms with van der Waals surface area (Å²) in [6.45, 7) is -0.691. The van der Waals surface area contributed by atoms with Crippen molar-refractivity contribution in [2.45, 2.75) is 4.90 Å². The number of carbonyl (C=O) groups is 1. The molecule has 0 aliphatic carbocycles. The molecule has 0 radical (unpaired) electrons. The van der Waals surface area contributed by atoms with E-state index in [1.54, 1.807) is 0 Å². The fraction of sp³-hybridized carbons (Fsp3) is 0.188. The number of anilines is 1. The van der Waals surface area contributed by atoms with Gasteiger partial charge >= 0.3 is 5.97 Å². The molecule has 2 rings (SSSR count). The zero-order valence-electron chi connectivity index (χ0n) is 13.4. The molecular formula is C16H15ClFNO5S. The van der Waals surface area contributed by atoms with Gasteiger partial charge in [0, 0.05) is 0 Å². The van der Waals surface area contributed by atoms with Crippen molar-refractivity contribution < 1.29 is 27.1 Å². The summed E-state index contributed by atoms with van der Waals surface area (Å²) < 4.78 is 50.1. The monoisotopic (exact) mass is 387 g/mol. The van der Waals surface area contributed by atoms with E-state index in [1.165, 1.54) is 43.5 Å². The number of esters is 1. The van der Waals surface area contributed by atoms with Crippen LogP contribution in [-0.4, -0.2) is 35.2 Å². The first-order valence-corrected chi connectivity index (χ1v) is 8.80. The molecule has 0 N–H and O–H groups in total. The van der Waals surface area contributed by atoms with Crippen molar-refractivity contribution in [2.24, 2.45) is 0 Å². The van der Waals surface area contributed by atoms with Gasteiger partial charge in [-0.1, -0.05) is 23.7 Å². The van der Waals surface area contributed by atoms with Crippen LogP contribution in [0.4, 0.5) is 10.1 Å². The minimum atomic E-state index is -4.28. The first kappa shape index (κ1) is 19.0. The fourth-order valence-corrected chi connectivity index (χ4v) is 3.84. The lowest BCUT2D eigenvalue weighted by atomic mass is 10.3. The van der Waals surface area contributed by atoms with Gasteiger partial charge in [-0.05, 0) is 30.3 Å². The number of ether oxygens (including phenoxy) is 2. The molecule has 0 saturated carbocycles. The van der Waals surface area contributed by atoms with Crippen molar-refractivity contribution in [3.05, 3.63) is 53.3 Å². The summed E-state index contributed by atoms with van der Waals surface area (Å²) in [7, 11) is -1.78. The molecule has 2 aromatic carbocycles. The lowest BCUT2D eigenvalue weighted by Crippen LogP contribution is -2.36. The van der Waals surface area contributed by atoms with Gasteiger partial charge < -0.3 is 9.47 Å². The lowest BCUT2D eigenvalue weighted by molar-refractivity contribution is -0.138. The summed E-state index contributed by atoms with van der Waals surface area (Å²) in [6.07, 6.45) is 0. The third kappa shape index (κ3) is 4.02. The Morgan fingerprint density at radius 2 is 1.88 bits per heavy atom. The molecule has 0 spiro atoms. The van der Waals surface area contributed by atoms with Gasteiger partial charge in [0.05, 0.1) is 29.8 Å². The zero-order valence-corrected chi connectivity index (χ0v) is 15.0. The highest BCUT2D eigenvalue weighted by molar-refractivity contribution is 7.92. The van der Waals surface area contributed by atoms with E-state index in [4.69, 9.17) is 16.3 Å². The maximum Gasteiger partial charge on any atom is 0.326 e. The van der Waals surface area contributed by atoms with Crippen molar-refractivity contribution in [1.82, 2.24) is 0 Å². The highest BCUT2D eigenvalue weighted by atomic mass is 35.5. The van der Waals surface area contributed by atoms with Crippen LogP contribution in [-0.2, 0) is 19.6 Å². The van der Waals surface area contributed by atoms with Crippen LogP contribution in [0.1, 0.15) is 0 Å². The SMILES string of the molecule is COC(=O)CN(c1ccccc1F)S(=O)(=O)c1ccc(OC)c(Cl)c1. The van der Waals surface area contributed by atoms with E-state index in [2.05, 4.69) is 4.74 Å². The van der Waals surface area contributed by atoms with Gasteiger partial charge in [0.2, 0.25) is 0 Å². The van der Waals surface area contributed by atoms with Crippen LogP contribution in [0.15, 0.2) is 47.4 Å². The van der Waals surface area contributed by atoms with Crippen LogP contribution < -0.4 is 9.04 Å². The predicted molar refractivity (Wildman–Crippen MR) is 91.0 cm³/mol. The van der Waals surface area contributed by atoms with Gasteiger partial charge in [0.15, 0.2) is 0 Å². The molecule has 2 aromatic rings. The molecule has 0 fully saturated rings. The molecule has 0 unspecified atom stereocenters. The number of hydrogen-bond acceptors (Lipinski definition) is 5. The van der Waals surface area contributed by atoms with E-state index in [0.29, 0.717) is 4.31 Å². The second kappa shape index (κ2) is 7.71. The Kier molecular flexibility index (Phi) is 5.86. The number of para-hydroxylation sites is 1. The maximum atomic E-state index is 14.1. The maximum absolute atomic E-state index is 14.1. The van der Waals surface area contributed by atoms with Crippen molar-refractivity contribution >= 4 is 33.3 Å². The van der Waals surface area contributed by atoms with E-state index in [1.807, 2.05) is 0 Å². The number of nitrogens with zero attached hydrogens (tertiary/aromatic N) is 1. The third-order valence-corrected chi connectivity index (χ3v) is 5.38. The topological polar surface area (TPSA) is 72.9 Å². The van der Waals surface area contributed by atoms with Crippen LogP contribution in [0.25, 0.3) is 0 Å². The highest BCUT2D eigenvalue weighted by Crippen LogP contribution is 2.31. The Morgan fingerprint density at radius 1 is 1.20 bits per heavy atom. The van der Waals surface area contributed by atoms with Gasteiger partial charge in [0.25, 0.3) is 10.0 Å². The van der Waals surface area contributed by atoms with Gasteiger partial charge in [-0.2, -0.15) is 0 Å². The molecule has 0 saturated heterocycles. The van der Waals surface area contributed by atoms with Crippen LogP contribution in [0.5, 0.6) is 5.75 Å². The molecule has 134 valence electrons. The second-order valence-corrected chi connectivity index (χ2v) is 7.11.